The summed E-state index contributed by atoms with van der Waals surface area (Å²) < 4.78 is 40.3. The SMILES string of the molecule is CCNC(=NCCCCn1ccccc1=O)N1CCN(C(C)C(F)(F)F)CC1. The van der Waals surface area contributed by atoms with Crippen LogP contribution in [0.1, 0.15) is 26.7 Å². The average Bonchev–Trinajstić information content (AvgIpc) is 2.67. The van der Waals surface area contributed by atoms with Crippen molar-refractivity contribution in [3.8, 4) is 0 Å². The van der Waals surface area contributed by atoms with Gasteiger partial charge in [-0.25, -0.2) is 0 Å². The molecule has 1 aliphatic heterocycles. The Morgan fingerprint density at radius 1 is 1.21 bits per heavy atom. The molecule has 1 atom stereocenters. The van der Waals surface area contributed by atoms with E-state index in [1.54, 1.807) is 22.9 Å². The zero-order chi connectivity index (χ0) is 20.6. The van der Waals surface area contributed by atoms with Gasteiger partial charge in [-0.1, -0.05) is 6.07 Å². The van der Waals surface area contributed by atoms with Gasteiger partial charge >= 0.3 is 6.18 Å². The topological polar surface area (TPSA) is 52.9 Å². The lowest BCUT2D eigenvalue weighted by molar-refractivity contribution is -0.181. The average molecular weight is 401 g/mol. The minimum Gasteiger partial charge on any atom is -0.357 e. The minimum atomic E-state index is -4.19. The molecule has 158 valence electrons. The zero-order valence-electron chi connectivity index (χ0n) is 16.6. The van der Waals surface area contributed by atoms with Crippen molar-refractivity contribution < 1.29 is 13.2 Å². The maximum absolute atomic E-state index is 12.9. The Balaban J connectivity index is 1.81. The van der Waals surface area contributed by atoms with Gasteiger partial charge < -0.3 is 14.8 Å². The van der Waals surface area contributed by atoms with E-state index in [1.807, 2.05) is 17.9 Å². The fourth-order valence-electron chi connectivity index (χ4n) is 3.18. The van der Waals surface area contributed by atoms with Crippen molar-refractivity contribution in [3.05, 3.63) is 34.7 Å². The third kappa shape index (κ3) is 6.54. The molecular formula is C19H30F3N5O. The summed E-state index contributed by atoms with van der Waals surface area (Å²) in [6, 6.07) is 3.68. The number of hydrogen-bond acceptors (Lipinski definition) is 3. The van der Waals surface area contributed by atoms with Gasteiger partial charge in [-0.3, -0.25) is 14.7 Å². The molecule has 0 saturated carbocycles. The number of unbranched alkanes of at least 4 members (excludes halogenated alkanes) is 1. The summed E-state index contributed by atoms with van der Waals surface area (Å²) >= 11 is 0. The van der Waals surface area contributed by atoms with Gasteiger partial charge in [0.15, 0.2) is 5.96 Å². The molecule has 0 spiro atoms. The third-order valence-corrected chi connectivity index (χ3v) is 4.94. The van der Waals surface area contributed by atoms with Gasteiger partial charge in [0.1, 0.15) is 6.04 Å². The van der Waals surface area contributed by atoms with E-state index in [4.69, 9.17) is 0 Å². The van der Waals surface area contributed by atoms with Gasteiger partial charge in [0.25, 0.3) is 0 Å². The van der Waals surface area contributed by atoms with E-state index >= 15 is 0 Å². The van der Waals surface area contributed by atoms with Gasteiger partial charge in [-0.15, -0.1) is 0 Å². The zero-order valence-corrected chi connectivity index (χ0v) is 16.6. The lowest BCUT2D eigenvalue weighted by Crippen LogP contribution is -2.56. The van der Waals surface area contributed by atoms with Crippen LogP contribution >= 0.6 is 0 Å². The highest BCUT2D eigenvalue weighted by atomic mass is 19.4. The molecule has 0 radical (unpaired) electrons. The van der Waals surface area contributed by atoms with Crippen LogP contribution in [0.5, 0.6) is 0 Å². The van der Waals surface area contributed by atoms with Gasteiger partial charge in [-0.2, -0.15) is 13.2 Å². The molecule has 1 saturated heterocycles. The van der Waals surface area contributed by atoms with E-state index < -0.39 is 12.2 Å². The van der Waals surface area contributed by atoms with Gasteiger partial charge in [0.05, 0.1) is 0 Å². The number of halogens is 3. The Labute approximate surface area is 164 Å². The van der Waals surface area contributed by atoms with Crippen LogP contribution in [0, 0.1) is 0 Å². The van der Waals surface area contributed by atoms with Crippen LogP contribution in [-0.4, -0.2) is 71.8 Å². The van der Waals surface area contributed by atoms with Gasteiger partial charge in [0, 0.05) is 58.1 Å². The first-order chi connectivity index (χ1) is 13.3. The van der Waals surface area contributed by atoms with Crippen LogP contribution in [0.15, 0.2) is 34.2 Å². The lowest BCUT2D eigenvalue weighted by Gasteiger charge is -2.39. The molecule has 1 aromatic heterocycles. The summed E-state index contributed by atoms with van der Waals surface area (Å²) in [5.41, 5.74) is -0.00899. The van der Waals surface area contributed by atoms with Crippen LogP contribution in [0.3, 0.4) is 0 Å². The number of pyridine rings is 1. The summed E-state index contributed by atoms with van der Waals surface area (Å²) in [7, 11) is 0. The molecule has 1 aromatic rings. The van der Waals surface area contributed by atoms with Crippen LogP contribution in [0.4, 0.5) is 13.2 Å². The molecule has 0 bridgehead atoms. The van der Waals surface area contributed by atoms with E-state index in [2.05, 4.69) is 10.3 Å². The maximum Gasteiger partial charge on any atom is 0.403 e. The molecule has 0 aromatic carbocycles. The van der Waals surface area contributed by atoms with Crippen LogP contribution in [-0.2, 0) is 6.54 Å². The largest absolute Gasteiger partial charge is 0.403 e. The number of piperazine rings is 1. The van der Waals surface area contributed by atoms with Crippen molar-refractivity contribution in [3.63, 3.8) is 0 Å². The number of aryl methyl sites for hydroxylation is 1. The van der Waals surface area contributed by atoms with Crippen molar-refractivity contribution in [1.82, 2.24) is 19.7 Å². The number of alkyl halides is 3. The highest BCUT2D eigenvalue weighted by Crippen LogP contribution is 2.25. The highest BCUT2D eigenvalue weighted by molar-refractivity contribution is 5.80. The Hall–Kier alpha value is -2.03. The predicted molar refractivity (Wildman–Crippen MR) is 105 cm³/mol. The van der Waals surface area contributed by atoms with Gasteiger partial charge in [-0.05, 0) is 32.8 Å². The third-order valence-electron chi connectivity index (χ3n) is 4.94. The number of hydrogen-bond donors (Lipinski definition) is 1. The Morgan fingerprint density at radius 2 is 1.93 bits per heavy atom. The first kappa shape index (κ1) is 22.3. The normalized spacial score (nSPS) is 17.6. The van der Waals surface area contributed by atoms with E-state index in [1.165, 1.54) is 11.8 Å². The van der Waals surface area contributed by atoms with Crippen molar-refractivity contribution in [1.29, 1.82) is 0 Å². The molecule has 0 aliphatic carbocycles. The fraction of sp³-hybridized carbons (Fsp3) is 0.684. The van der Waals surface area contributed by atoms with Crippen molar-refractivity contribution >= 4 is 5.96 Å². The second kappa shape index (κ2) is 10.5. The summed E-state index contributed by atoms with van der Waals surface area (Å²) in [6.07, 6.45) is -0.746. The van der Waals surface area contributed by atoms with Crippen molar-refractivity contribution in [2.45, 2.75) is 45.5 Å². The number of guanidine groups is 1. The molecule has 1 fully saturated rings. The summed E-state index contributed by atoms with van der Waals surface area (Å²) in [6.45, 7) is 6.92. The standard InChI is InChI=1S/C19H30F3N5O/c1-3-23-18(24-9-5-7-11-26-10-6-4-8-17(26)28)27-14-12-25(13-15-27)16(2)19(20,21)22/h4,6,8,10,16H,3,5,7,9,11-15H2,1-2H3,(H,23,24). The van der Waals surface area contributed by atoms with E-state index in [-0.39, 0.29) is 5.56 Å². The van der Waals surface area contributed by atoms with E-state index in [0.717, 1.165) is 18.8 Å². The lowest BCUT2D eigenvalue weighted by atomic mass is 10.2. The quantitative estimate of drug-likeness (QED) is 0.432. The Kier molecular flexibility index (Phi) is 8.35. The molecule has 2 rings (SSSR count). The number of rotatable bonds is 7. The number of aliphatic imine (C=N–C) groups is 1. The molecule has 1 N–H and O–H groups in total. The second-order valence-electron chi connectivity index (χ2n) is 6.92. The molecule has 6 nitrogen and oxygen atoms in total. The smallest absolute Gasteiger partial charge is 0.357 e. The highest BCUT2D eigenvalue weighted by Gasteiger charge is 2.41. The van der Waals surface area contributed by atoms with Crippen LogP contribution < -0.4 is 10.9 Å². The van der Waals surface area contributed by atoms with E-state index in [0.29, 0.717) is 45.8 Å². The molecule has 0 amide bonds. The molecule has 9 heteroatoms. The van der Waals surface area contributed by atoms with E-state index in [9.17, 15) is 18.0 Å². The van der Waals surface area contributed by atoms with Crippen LogP contribution in [0.25, 0.3) is 0 Å². The van der Waals surface area contributed by atoms with Crippen molar-refractivity contribution in [2.75, 3.05) is 39.3 Å². The predicted octanol–water partition coefficient (Wildman–Crippen LogP) is 2.16. The number of aromatic nitrogens is 1. The second-order valence-corrected chi connectivity index (χ2v) is 6.92. The Bertz CT molecular complexity index is 681. The first-order valence-electron chi connectivity index (χ1n) is 9.82. The number of nitrogens with one attached hydrogen (secondary N) is 1. The fourth-order valence-corrected chi connectivity index (χ4v) is 3.18. The monoisotopic (exact) mass is 401 g/mol. The minimum absolute atomic E-state index is 0.00899. The molecule has 2 heterocycles. The maximum atomic E-state index is 12.9. The molecule has 28 heavy (non-hydrogen) atoms. The van der Waals surface area contributed by atoms with Crippen LogP contribution in [0.2, 0.25) is 0 Å². The number of nitrogens with zero attached hydrogens (tertiary/aromatic N) is 4. The van der Waals surface area contributed by atoms with Gasteiger partial charge in [0.2, 0.25) is 5.56 Å². The first-order valence-corrected chi connectivity index (χ1v) is 9.82. The summed E-state index contributed by atoms with van der Waals surface area (Å²) in [5, 5.41) is 3.22. The summed E-state index contributed by atoms with van der Waals surface area (Å²) in [5.74, 6) is 0.749. The molecule has 1 unspecified atom stereocenters. The Morgan fingerprint density at radius 3 is 2.54 bits per heavy atom. The molecular weight excluding hydrogens is 371 g/mol. The van der Waals surface area contributed by atoms with Crippen molar-refractivity contribution in [2.24, 2.45) is 4.99 Å². The molecule has 1 aliphatic rings. The summed E-state index contributed by atoms with van der Waals surface area (Å²) in [4.78, 5) is 19.8.